The fourth-order valence-electron chi connectivity index (χ4n) is 1.29. The highest BCUT2D eigenvalue weighted by atomic mass is 32.2. The zero-order valence-electron chi connectivity index (χ0n) is 13.3. The lowest BCUT2D eigenvalue weighted by molar-refractivity contribution is -0.138. The van der Waals surface area contributed by atoms with E-state index in [0.29, 0.717) is 12.4 Å². The lowest BCUT2D eigenvalue weighted by Gasteiger charge is -2.21. The van der Waals surface area contributed by atoms with Gasteiger partial charge in [0.25, 0.3) is 0 Å². The van der Waals surface area contributed by atoms with Gasteiger partial charge in [0.2, 0.25) is 0 Å². The van der Waals surface area contributed by atoms with E-state index in [0.717, 1.165) is 19.4 Å². The first-order chi connectivity index (χ1) is 9.76. The Labute approximate surface area is 131 Å². The summed E-state index contributed by atoms with van der Waals surface area (Å²) in [6.45, 7) is 8.59. The highest BCUT2D eigenvalue weighted by Crippen LogP contribution is 2.08. The number of carbonyl (C=O) groups excluding carboxylic acids is 1. The molecule has 0 saturated carbocycles. The minimum atomic E-state index is -1.07. The Balaban J connectivity index is 3.93. The van der Waals surface area contributed by atoms with E-state index >= 15 is 0 Å². The van der Waals surface area contributed by atoms with Crippen molar-refractivity contribution in [2.24, 2.45) is 0 Å². The summed E-state index contributed by atoms with van der Waals surface area (Å²) in [6, 6.07) is -0.958. The summed E-state index contributed by atoms with van der Waals surface area (Å²) in [5.41, 5.74) is -0.645. The maximum absolute atomic E-state index is 11.6. The second-order valence-corrected chi connectivity index (χ2v) is 6.73. The third-order valence-corrected chi connectivity index (χ3v) is 3.31. The molecule has 0 spiro atoms. The number of ether oxygens (including phenoxy) is 2. The minimum absolute atomic E-state index is 0.283. The number of nitrogens with one attached hydrogen (secondary N) is 1. The van der Waals surface area contributed by atoms with Crippen LogP contribution in [0.3, 0.4) is 0 Å². The van der Waals surface area contributed by atoms with Crippen molar-refractivity contribution in [3.8, 4) is 0 Å². The van der Waals surface area contributed by atoms with Crippen molar-refractivity contribution in [3.63, 3.8) is 0 Å². The van der Waals surface area contributed by atoms with Crippen LogP contribution in [0.25, 0.3) is 0 Å². The van der Waals surface area contributed by atoms with Gasteiger partial charge < -0.3 is 19.9 Å². The van der Waals surface area contributed by atoms with Crippen LogP contribution in [0, 0.1) is 0 Å². The number of thioether (sulfide) groups is 1. The average Bonchev–Trinajstić information content (AvgIpc) is 2.33. The number of unbranched alkanes of at least 4 members (excludes halogenated alkanes) is 1. The van der Waals surface area contributed by atoms with E-state index in [1.54, 1.807) is 20.8 Å². The molecule has 0 aromatic carbocycles. The number of carboxylic acids is 1. The van der Waals surface area contributed by atoms with Crippen molar-refractivity contribution >= 4 is 23.8 Å². The summed E-state index contributed by atoms with van der Waals surface area (Å²) in [7, 11) is 0. The van der Waals surface area contributed by atoms with Gasteiger partial charge >= 0.3 is 12.1 Å². The topological polar surface area (TPSA) is 84.9 Å². The third kappa shape index (κ3) is 12.5. The SMILES string of the molecule is CCCCOCCSCC(NC(=O)OC(C)(C)C)C(=O)O. The molecule has 0 aromatic heterocycles. The summed E-state index contributed by atoms with van der Waals surface area (Å²) in [5, 5.41) is 11.4. The highest BCUT2D eigenvalue weighted by molar-refractivity contribution is 7.99. The van der Waals surface area contributed by atoms with E-state index in [-0.39, 0.29) is 5.75 Å². The number of rotatable bonds is 10. The Hall–Kier alpha value is -0.950. The molecule has 0 bridgehead atoms. The second kappa shape index (κ2) is 10.7. The molecule has 0 aliphatic rings. The van der Waals surface area contributed by atoms with E-state index in [1.165, 1.54) is 11.8 Å². The van der Waals surface area contributed by atoms with E-state index in [4.69, 9.17) is 14.6 Å². The van der Waals surface area contributed by atoms with Gasteiger partial charge in [0.1, 0.15) is 11.6 Å². The van der Waals surface area contributed by atoms with Crippen molar-refractivity contribution in [1.82, 2.24) is 5.32 Å². The molecule has 1 atom stereocenters. The Bertz CT molecular complexity index is 317. The molecule has 21 heavy (non-hydrogen) atoms. The predicted octanol–water partition coefficient (Wildman–Crippen LogP) is 2.51. The van der Waals surface area contributed by atoms with Gasteiger partial charge in [-0.3, -0.25) is 0 Å². The van der Waals surface area contributed by atoms with Crippen molar-refractivity contribution in [1.29, 1.82) is 0 Å². The summed E-state index contributed by atoms with van der Waals surface area (Å²) in [5.74, 6) is -0.0878. The van der Waals surface area contributed by atoms with E-state index in [9.17, 15) is 9.59 Å². The first-order valence-corrected chi connectivity index (χ1v) is 8.29. The summed E-state index contributed by atoms with van der Waals surface area (Å²) in [6.07, 6.45) is 1.41. The van der Waals surface area contributed by atoms with Crippen LogP contribution in [0.5, 0.6) is 0 Å². The first-order valence-electron chi connectivity index (χ1n) is 7.14. The molecular formula is C14H27NO5S. The Morgan fingerprint density at radius 3 is 2.48 bits per heavy atom. The molecule has 124 valence electrons. The van der Waals surface area contributed by atoms with E-state index in [2.05, 4.69) is 12.2 Å². The van der Waals surface area contributed by atoms with Gasteiger partial charge in [0.15, 0.2) is 0 Å². The van der Waals surface area contributed by atoms with Crippen molar-refractivity contribution in [2.75, 3.05) is 24.7 Å². The maximum Gasteiger partial charge on any atom is 0.408 e. The molecule has 0 fully saturated rings. The lowest BCUT2D eigenvalue weighted by Crippen LogP contribution is -2.45. The van der Waals surface area contributed by atoms with Crippen LogP contribution < -0.4 is 5.32 Å². The Morgan fingerprint density at radius 2 is 1.95 bits per heavy atom. The van der Waals surface area contributed by atoms with Gasteiger partial charge in [-0.15, -0.1) is 0 Å². The fourth-order valence-corrected chi connectivity index (χ4v) is 2.16. The number of carboxylic acid groups (broad SMARTS) is 1. The van der Waals surface area contributed by atoms with Gasteiger partial charge in [-0.1, -0.05) is 13.3 Å². The number of aliphatic carboxylic acids is 1. The van der Waals surface area contributed by atoms with Crippen molar-refractivity contribution in [2.45, 2.75) is 52.2 Å². The van der Waals surface area contributed by atoms with Crippen LogP contribution in [0.2, 0.25) is 0 Å². The average molecular weight is 321 g/mol. The molecule has 0 aliphatic carbocycles. The normalized spacial score (nSPS) is 12.8. The standard InChI is InChI=1S/C14H27NO5S/c1-5-6-7-19-8-9-21-10-11(12(16)17)15-13(18)20-14(2,3)4/h11H,5-10H2,1-4H3,(H,15,18)(H,16,17). The van der Waals surface area contributed by atoms with Crippen LogP contribution in [0.4, 0.5) is 4.79 Å². The predicted molar refractivity (Wildman–Crippen MR) is 83.8 cm³/mol. The van der Waals surface area contributed by atoms with Gasteiger partial charge in [-0.05, 0) is 27.2 Å². The number of hydrogen-bond donors (Lipinski definition) is 2. The molecule has 2 N–H and O–H groups in total. The van der Waals surface area contributed by atoms with Crippen LogP contribution in [0.1, 0.15) is 40.5 Å². The highest BCUT2D eigenvalue weighted by Gasteiger charge is 2.23. The van der Waals surface area contributed by atoms with Crippen LogP contribution >= 0.6 is 11.8 Å². The smallest absolute Gasteiger partial charge is 0.408 e. The number of amides is 1. The molecule has 0 heterocycles. The monoisotopic (exact) mass is 321 g/mol. The summed E-state index contributed by atoms with van der Waals surface area (Å²) in [4.78, 5) is 22.6. The van der Waals surface area contributed by atoms with E-state index < -0.39 is 23.7 Å². The largest absolute Gasteiger partial charge is 0.480 e. The van der Waals surface area contributed by atoms with Crippen molar-refractivity contribution in [3.05, 3.63) is 0 Å². The van der Waals surface area contributed by atoms with Crippen LogP contribution in [-0.4, -0.2) is 53.5 Å². The summed E-state index contributed by atoms with van der Waals surface area (Å²) >= 11 is 1.43. The molecule has 0 aromatic rings. The zero-order chi connectivity index (χ0) is 16.3. The number of hydrogen-bond acceptors (Lipinski definition) is 5. The Morgan fingerprint density at radius 1 is 1.29 bits per heavy atom. The third-order valence-electron chi connectivity index (χ3n) is 2.29. The van der Waals surface area contributed by atoms with Gasteiger partial charge in [0, 0.05) is 18.1 Å². The summed E-state index contributed by atoms with van der Waals surface area (Å²) < 4.78 is 10.4. The minimum Gasteiger partial charge on any atom is -0.480 e. The van der Waals surface area contributed by atoms with Gasteiger partial charge in [0.05, 0.1) is 6.61 Å². The molecule has 1 amide bonds. The lowest BCUT2D eigenvalue weighted by atomic mass is 10.2. The quantitative estimate of drug-likeness (QED) is 0.601. The maximum atomic E-state index is 11.6. The van der Waals surface area contributed by atoms with E-state index in [1.807, 2.05) is 0 Å². The molecular weight excluding hydrogens is 294 g/mol. The number of alkyl carbamates (subject to hydrolysis) is 1. The molecule has 0 saturated heterocycles. The second-order valence-electron chi connectivity index (χ2n) is 5.58. The molecule has 7 heteroatoms. The van der Waals surface area contributed by atoms with Crippen LogP contribution in [0.15, 0.2) is 0 Å². The van der Waals surface area contributed by atoms with Crippen molar-refractivity contribution < 1.29 is 24.2 Å². The molecule has 0 radical (unpaired) electrons. The van der Waals surface area contributed by atoms with Gasteiger partial charge in [-0.25, -0.2) is 9.59 Å². The number of carbonyl (C=O) groups is 2. The first kappa shape index (κ1) is 20.1. The molecule has 1 unspecified atom stereocenters. The molecule has 0 rings (SSSR count). The Kier molecular flexibility index (Phi) is 10.2. The fraction of sp³-hybridized carbons (Fsp3) is 0.857. The van der Waals surface area contributed by atoms with Crippen LogP contribution in [-0.2, 0) is 14.3 Å². The van der Waals surface area contributed by atoms with Gasteiger partial charge in [-0.2, -0.15) is 11.8 Å². The zero-order valence-corrected chi connectivity index (χ0v) is 14.1. The molecule has 0 aliphatic heterocycles. The molecule has 6 nitrogen and oxygen atoms in total.